The second-order valence-electron chi connectivity index (χ2n) is 8.60. The van der Waals surface area contributed by atoms with E-state index >= 15 is 0 Å². The van der Waals surface area contributed by atoms with Crippen LogP contribution in [-0.2, 0) is 25.4 Å². The van der Waals surface area contributed by atoms with Gasteiger partial charge in [0.05, 0.1) is 12.4 Å². The first-order chi connectivity index (χ1) is 12.2. The van der Waals surface area contributed by atoms with E-state index in [9.17, 15) is 18.8 Å². The number of nitriles is 1. The van der Waals surface area contributed by atoms with E-state index in [0.717, 1.165) is 0 Å². The van der Waals surface area contributed by atoms with Gasteiger partial charge in [0, 0.05) is 17.7 Å². The summed E-state index contributed by atoms with van der Waals surface area (Å²) in [4.78, 5) is -0.299. The first-order valence-corrected chi connectivity index (χ1v) is 10.7. The predicted octanol–water partition coefficient (Wildman–Crippen LogP) is 4.30. The summed E-state index contributed by atoms with van der Waals surface area (Å²) in [5.41, 5.74) is 1.33. The minimum Gasteiger partial charge on any atom is -0.507 e. The molecule has 6 heteroatoms. The molecule has 1 aromatic carbocycles. The zero-order chi connectivity index (χ0) is 21.0. The van der Waals surface area contributed by atoms with Crippen LogP contribution in [0.25, 0.3) is 6.08 Å². The van der Waals surface area contributed by atoms with Gasteiger partial charge < -0.3 is 9.84 Å². The van der Waals surface area contributed by atoms with Crippen LogP contribution in [0.2, 0.25) is 0 Å². The van der Waals surface area contributed by atoms with E-state index in [1.54, 1.807) is 25.1 Å². The largest absolute Gasteiger partial charge is 0.507 e. The number of hydrogen-bond donors (Lipinski definition) is 1. The number of phenols is 1. The van der Waals surface area contributed by atoms with Crippen molar-refractivity contribution in [3.63, 3.8) is 0 Å². The third kappa shape index (κ3) is 6.08. The van der Waals surface area contributed by atoms with Gasteiger partial charge in [0.15, 0.2) is 9.84 Å². The summed E-state index contributed by atoms with van der Waals surface area (Å²) in [5, 5.41) is 20.2. The topological polar surface area (TPSA) is 87.4 Å². The van der Waals surface area contributed by atoms with Gasteiger partial charge in [-0.1, -0.05) is 41.5 Å². The van der Waals surface area contributed by atoms with Gasteiger partial charge in [-0.25, -0.2) is 8.42 Å². The van der Waals surface area contributed by atoms with Crippen molar-refractivity contribution in [3.05, 3.63) is 33.7 Å². The number of rotatable bonds is 6. The van der Waals surface area contributed by atoms with Crippen molar-refractivity contribution in [3.8, 4) is 11.8 Å². The third-order valence-electron chi connectivity index (χ3n) is 4.19. The Balaban J connectivity index is 3.57. The molecule has 5 nitrogen and oxygen atoms in total. The van der Waals surface area contributed by atoms with Crippen LogP contribution in [0.5, 0.6) is 5.75 Å². The van der Waals surface area contributed by atoms with Crippen LogP contribution in [0.3, 0.4) is 0 Å². The maximum Gasteiger partial charge on any atom is 0.190 e. The molecule has 0 bridgehead atoms. The maximum atomic E-state index is 12.5. The minimum atomic E-state index is -3.74. The van der Waals surface area contributed by atoms with Crippen LogP contribution in [0.4, 0.5) is 0 Å². The number of nitrogens with zero attached hydrogens (tertiary/aromatic N) is 1. The molecule has 0 saturated heterocycles. The van der Waals surface area contributed by atoms with Crippen LogP contribution in [-0.4, -0.2) is 32.5 Å². The molecule has 0 spiro atoms. The number of benzene rings is 1. The zero-order valence-electron chi connectivity index (χ0n) is 17.4. The summed E-state index contributed by atoms with van der Waals surface area (Å²) >= 11 is 0. The van der Waals surface area contributed by atoms with Crippen molar-refractivity contribution >= 4 is 15.9 Å². The average molecular weight is 394 g/mol. The van der Waals surface area contributed by atoms with Gasteiger partial charge in [0.1, 0.15) is 16.7 Å². The van der Waals surface area contributed by atoms with E-state index in [2.05, 4.69) is 0 Å². The molecule has 1 rings (SSSR count). The number of ether oxygens (including phenoxy) is 1. The molecule has 0 saturated carbocycles. The van der Waals surface area contributed by atoms with Gasteiger partial charge in [0.2, 0.25) is 0 Å². The van der Waals surface area contributed by atoms with E-state index in [1.807, 2.05) is 41.5 Å². The molecule has 1 N–H and O–H groups in total. The average Bonchev–Trinajstić information content (AvgIpc) is 2.51. The Morgan fingerprint density at radius 1 is 1.15 bits per heavy atom. The highest BCUT2D eigenvalue weighted by Gasteiger charge is 2.27. The van der Waals surface area contributed by atoms with Crippen molar-refractivity contribution in [2.75, 3.05) is 19.0 Å². The molecule has 27 heavy (non-hydrogen) atoms. The fourth-order valence-electron chi connectivity index (χ4n) is 2.65. The first-order valence-electron chi connectivity index (χ1n) is 9.04. The second-order valence-corrected chi connectivity index (χ2v) is 10.7. The van der Waals surface area contributed by atoms with Crippen molar-refractivity contribution in [2.45, 2.75) is 59.3 Å². The van der Waals surface area contributed by atoms with E-state index in [-0.39, 0.29) is 33.8 Å². The Kier molecular flexibility index (Phi) is 7.26. The number of hydrogen-bond acceptors (Lipinski definition) is 5. The summed E-state index contributed by atoms with van der Waals surface area (Å²) in [6.07, 6.45) is 1.38. The van der Waals surface area contributed by atoms with Crippen LogP contribution in [0.15, 0.2) is 17.0 Å². The number of aromatic hydroxyl groups is 1. The van der Waals surface area contributed by atoms with Crippen LogP contribution in [0, 0.1) is 11.3 Å². The van der Waals surface area contributed by atoms with Gasteiger partial charge in [-0.3, -0.25) is 0 Å². The SMILES string of the molecule is CCOCCS(=O)(=O)/C(C#N)=C\c1cc(C(C)(C)C)c(O)c(C(C)(C)C)c1. The molecule has 0 heterocycles. The van der Waals surface area contributed by atoms with Gasteiger partial charge in [-0.05, 0) is 41.5 Å². The van der Waals surface area contributed by atoms with Gasteiger partial charge >= 0.3 is 0 Å². The van der Waals surface area contributed by atoms with Gasteiger partial charge in [-0.2, -0.15) is 5.26 Å². The van der Waals surface area contributed by atoms with Gasteiger partial charge in [0.25, 0.3) is 0 Å². The van der Waals surface area contributed by atoms with Crippen molar-refractivity contribution in [2.24, 2.45) is 0 Å². The predicted molar refractivity (Wildman–Crippen MR) is 109 cm³/mol. The molecular formula is C21H31NO4S. The Labute approximate surface area is 163 Å². The van der Waals surface area contributed by atoms with Crippen molar-refractivity contribution in [1.29, 1.82) is 5.26 Å². The molecule has 0 radical (unpaired) electrons. The highest BCUT2D eigenvalue weighted by Crippen LogP contribution is 2.40. The lowest BCUT2D eigenvalue weighted by Crippen LogP contribution is -2.17. The summed E-state index contributed by atoms with van der Waals surface area (Å²) in [7, 11) is -3.74. The van der Waals surface area contributed by atoms with Crippen LogP contribution >= 0.6 is 0 Å². The van der Waals surface area contributed by atoms with Crippen molar-refractivity contribution < 1.29 is 18.3 Å². The number of phenolic OH excluding ortho intramolecular Hbond substituents is 1. The molecule has 0 aliphatic carbocycles. The summed E-state index contributed by atoms with van der Waals surface area (Å²) < 4.78 is 30.0. The Morgan fingerprint density at radius 3 is 2.00 bits per heavy atom. The lowest BCUT2D eigenvalue weighted by molar-refractivity contribution is 0.163. The molecule has 0 atom stereocenters. The van der Waals surface area contributed by atoms with Gasteiger partial charge in [-0.15, -0.1) is 0 Å². The Morgan fingerprint density at radius 2 is 1.63 bits per heavy atom. The normalized spacial score (nSPS) is 13.5. The third-order valence-corrected chi connectivity index (χ3v) is 5.78. The first kappa shape index (κ1) is 23.2. The van der Waals surface area contributed by atoms with E-state index in [0.29, 0.717) is 23.3 Å². The highest BCUT2D eigenvalue weighted by molar-refractivity contribution is 7.95. The summed E-state index contributed by atoms with van der Waals surface area (Å²) in [6, 6.07) is 5.30. The number of allylic oxidation sites excluding steroid dienone is 1. The highest BCUT2D eigenvalue weighted by atomic mass is 32.2. The maximum absolute atomic E-state index is 12.5. The van der Waals surface area contributed by atoms with E-state index in [1.165, 1.54) is 6.08 Å². The Bertz CT molecular complexity index is 813. The monoisotopic (exact) mass is 393 g/mol. The van der Waals surface area contributed by atoms with E-state index in [4.69, 9.17) is 4.74 Å². The molecule has 150 valence electrons. The Hall–Kier alpha value is -1.84. The van der Waals surface area contributed by atoms with Crippen LogP contribution in [0.1, 0.15) is 65.2 Å². The molecule has 0 aliphatic rings. The lowest BCUT2D eigenvalue weighted by atomic mass is 9.78. The zero-order valence-corrected chi connectivity index (χ0v) is 18.2. The summed E-state index contributed by atoms with van der Waals surface area (Å²) in [6.45, 7) is 14.1. The standard InChI is InChI=1S/C21H31NO4S/c1-8-26-9-10-27(24,25)16(14-22)11-15-12-17(20(2,3)4)19(23)18(13-15)21(5,6)7/h11-13,23H,8-10H2,1-7H3/b16-11-. The molecule has 0 aromatic heterocycles. The fourth-order valence-corrected chi connectivity index (χ4v) is 3.66. The quantitative estimate of drug-likeness (QED) is 0.575. The minimum absolute atomic E-state index is 0.0495. The molecule has 0 aliphatic heterocycles. The molecule has 0 unspecified atom stereocenters. The smallest absolute Gasteiger partial charge is 0.190 e. The summed E-state index contributed by atoms with van der Waals surface area (Å²) in [5.74, 6) is -0.0267. The lowest BCUT2D eigenvalue weighted by Gasteiger charge is -2.28. The number of sulfone groups is 1. The fraction of sp³-hybridized carbons (Fsp3) is 0.571. The van der Waals surface area contributed by atoms with Crippen LogP contribution < -0.4 is 0 Å². The van der Waals surface area contributed by atoms with Crippen molar-refractivity contribution in [1.82, 2.24) is 0 Å². The molecule has 1 aromatic rings. The molecule has 0 fully saturated rings. The van der Waals surface area contributed by atoms with E-state index < -0.39 is 9.84 Å². The molecule has 0 amide bonds. The second kappa shape index (κ2) is 8.45. The molecular weight excluding hydrogens is 362 g/mol.